The van der Waals surface area contributed by atoms with Crippen molar-refractivity contribution in [3.05, 3.63) is 22.4 Å². The van der Waals surface area contributed by atoms with E-state index in [4.69, 9.17) is 0 Å². The highest BCUT2D eigenvalue weighted by atomic mass is 32.1. The van der Waals surface area contributed by atoms with Crippen LogP contribution in [0.5, 0.6) is 0 Å². The van der Waals surface area contributed by atoms with Crippen LogP contribution in [0.2, 0.25) is 0 Å². The molecule has 4 heteroatoms. The molecule has 1 aromatic rings. The SMILES string of the molecule is CCNC(Cc1cccs1)C1CN(C)CCN1C. The van der Waals surface area contributed by atoms with Crippen LogP contribution in [-0.4, -0.2) is 62.2 Å². The summed E-state index contributed by atoms with van der Waals surface area (Å²) in [5.41, 5.74) is 0. The van der Waals surface area contributed by atoms with Gasteiger partial charge in [0.15, 0.2) is 0 Å². The third-order valence-electron chi connectivity index (χ3n) is 3.83. The predicted octanol–water partition coefficient (Wildman–Crippen LogP) is 1.51. The van der Waals surface area contributed by atoms with Crippen molar-refractivity contribution >= 4 is 11.3 Å². The standard InChI is InChI=1S/C14H25N3S/c1-4-15-13(10-12-6-5-9-18-12)14-11-16(2)7-8-17(14)3/h5-6,9,13-15H,4,7-8,10-11H2,1-3H3. The minimum atomic E-state index is 0.557. The number of likely N-dealkylation sites (N-methyl/N-ethyl adjacent to an activating group) is 3. The third kappa shape index (κ3) is 3.54. The van der Waals surface area contributed by atoms with Crippen LogP contribution in [0.4, 0.5) is 0 Å². The van der Waals surface area contributed by atoms with E-state index in [2.05, 4.69) is 53.6 Å². The Kier molecular flexibility index (Phi) is 5.18. The van der Waals surface area contributed by atoms with E-state index in [1.165, 1.54) is 24.5 Å². The second kappa shape index (κ2) is 6.66. The van der Waals surface area contributed by atoms with E-state index in [1.807, 2.05) is 11.3 Å². The lowest BCUT2D eigenvalue weighted by Gasteiger charge is -2.42. The summed E-state index contributed by atoms with van der Waals surface area (Å²) in [4.78, 5) is 6.45. The van der Waals surface area contributed by atoms with Crippen LogP contribution in [-0.2, 0) is 6.42 Å². The molecule has 2 unspecified atom stereocenters. The molecule has 0 aliphatic carbocycles. The zero-order chi connectivity index (χ0) is 13.0. The Morgan fingerprint density at radius 2 is 2.28 bits per heavy atom. The van der Waals surface area contributed by atoms with Crippen molar-refractivity contribution in [3.8, 4) is 0 Å². The van der Waals surface area contributed by atoms with E-state index in [0.717, 1.165) is 13.0 Å². The van der Waals surface area contributed by atoms with Gasteiger partial charge in [0.25, 0.3) is 0 Å². The van der Waals surface area contributed by atoms with Crippen LogP contribution in [0.15, 0.2) is 17.5 Å². The van der Waals surface area contributed by atoms with Gasteiger partial charge in [-0.25, -0.2) is 0 Å². The highest BCUT2D eigenvalue weighted by Crippen LogP contribution is 2.17. The molecule has 2 atom stereocenters. The molecule has 0 saturated carbocycles. The van der Waals surface area contributed by atoms with Gasteiger partial charge in [-0.1, -0.05) is 13.0 Å². The first-order valence-electron chi connectivity index (χ1n) is 6.85. The normalized spacial score (nSPS) is 24.3. The van der Waals surface area contributed by atoms with E-state index in [-0.39, 0.29) is 0 Å². The smallest absolute Gasteiger partial charge is 0.0377 e. The number of hydrogen-bond donors (Lipinski definition) is 1. The lowest BCUT2D eigenvalue weighted by molar-refractivity contribution is 0.0883. The number of piperazine rings is 1. The second-order valence-electron chi connectivity index (χ2n) is 5.26. The van der Waals surface area contributed by atoms with Crippen LogP contribution >= 0.6 is 11.3 Å². The number of hydrogen-bond acceptors (Lipinski definition) is 4. The van der Waals surface area contributed by atoms with Gasteiger partial charge in [0.2, 0.25) is 0 Å². The summed E-state index contributed by atoms with van der Waals surface area (Å²) in [5.74, 6) is 0. The van der Waals surface area contributed by atoms with E-state index in [9.17, 15) is 0 Å². The van der Waals surface area contributed by atoms with Gasteiger partial charge in [-0.3, -0.25) is 4.90 Å². The number of nitrogens with one attached hydrogen (secondary N) is 1. The van der Waals surface area contributed by atoms with Crippen molar-refractivity contribution in [2.45, 2.75) is 25.4 Å². The molecule has 102 valence electrons. The summed E-state index contributed by atoms with van der Waals surface area (Å²) in [5, 5.41) is 5.86. The predicted molar refractivity (Wildman–Crippen MR) is 79.4 cm³/mol. The maximum absolute atomic E-state index is 3.68. The molecule has 1 aromatic heterocycles. The first-order valence-corrected chi connectivity index (χ1v) is 7.73. The van der Waals surface area contributed by atoms with Crippen molar-refractivity contribution in [1.82, 2.24) is 15.1 Å². The molecule has 0 bridgehead atoms. The number of thiophene rings is 1. The maximum atomic E-state index is 3.68. The molecule has 3 nitrogen and oxygen atoms in total. The van der Waals surface area contributed by atoms with Crippen LogP contribution in [0.1, 0.15) is 11.8 Å². The Labute approximate surface area is 115 Å². The lowest BCUT2D eigenvalue weighted by atomic mass is 10.00. The van der Waals surface area contributed by atoms with Crippen molar-refractivity contribution < 1.29 is 0 Å². The van der Waals surface area contributed by atoms with Crippen LogP contribution in [0.3, 0.4) is 0 Å². The topological polar surface area (TPSA) is 18.5 Å². The zero-order valence-electron chi connectivity index (χ0n) is 11.7. The second-order valence-corrected chi connectivity index (χ2v) is 6.29. The van der Waals surface area contributed by atoms with Gasteiger partial charge < -0.3 is 10.2 Å². The molecule has 0 amide bonds. The molecule has 1 N–H and O–H groups in total. The van der Waals surface area contributed by atoms with E-state index in [1.54, 1.807) is 0 Å². The first kappa shape index (κ1) is 14.0. The molecule has 1 saturated heterocycles. The molecule has 1 fully saturated rings. The van der Waals surface area contributed by atoms with Crippen LogP contribution in [0, 0.1) is 0 Å². The third-order valence-corrected chi connectivity index (χ3v) is 4.73. The summed E-state index contributed by atoms with van der Waals surface area (Å²) in [6.45, 7) is 6.77. The van der Waals surface area contributed by atoms with Gasteiger partial charge in [0, 0.05) is 36.6 Å². The zero-order valence-corrected chi connectivity index (χ0v) is 12.5. The molecule has 0 spiro atoms. The summed E-state index contributed by atoms with van der Waals surface area (Å²) >= 11 is 1.87. The molecular weight excluding hydrogens is 242 g/mol. The van der Waals surface area contributed by atoms with E-state index >= 15 is 0 Å². The fraction of sp³-hybridized carbons (Fsp3) is 0.714. The van der Waals surface area contributed by atoms with Gasteiger partial charge in [-0.2, -0.15) is 0 Å². The fourth-order valence-electron chi connectivity index (χ4n) is 2.73. The van der Waals surface area contributed by atoms with Crippen molar-refractivity contribution in [3.63, 3.8) is 0 Å². The number of nitrogens with zero attached hydrogens (tertiary/aromatic N) is 2. The Hall–Kier alpha value is -0.420. The quantitative estimate of drug-likeness (QED) is 0.872. The molecule has 18 heavy (non-hydrogen) atoms. The Morgan fingerprint density at radius 3 is 2.94 bits per heavy atom. The van der Waals surface area contributed by atoms with E-state index < -0.39 is 0 Å². The Bertz CT molecular complexity index is 339. The van der Waals surface area contributed by atoms with Gasteiger partial charge in [0.05, 0.1) is 0 Å². The largest absolute Gasteiger partial charge is 0.312 e. The monoisotopic (exact) mass is 267 g/mol. The van der Waals surface area contributed by atoms with Crippen molar-refractivity contribution in [1.29, 1.82) is 0 Å². The molecule has 0 aromatic carbocycles. The summed E-state index contributed by atoms with van der Waals surface area (Å²) in [6.07, 6.45) is 1.15. The van der Waals surface area contributed by atoms with Gasteiger partial charge >= 0.3 is 0 Å². The highest BCUT2D eigenvalue weighted by molar-refractivity contribution is 7.09. The van der Waals surface area contributed by atoms with Crippen LogP contribution in [0.25, 0.3) is 0 Å². The number of rotatable bonds is 5. The van der Waals surface area contributed by atoms with Crippen molar-refractivity contribution in [2.75, 3.05) is 40.3 Å². The van der Waals surface area contributed by atoms with Crippen LogP contribution < -0.4 is 5.32 Å². The van der Waals surface area contributed by atoms with Gasteiger partial charge in [-0.15, -0.1) is 11.3 Å². The highest BCUT2D eigenvalue weighted by Gasteiger charge is 2.29. The molecule has 2 heterocycles. The van der Waals surface area contributed by atoms with E-state index in [0.29, 0.717) is 12.1 Å². The average Bonchev–Trinajstić information content (AvgIpc) is 2.85. The molecule has 1 aliphatic heterocycles. The summed E-state index contributed by atoms with van der Waals surface area (Å²) < 4.78 is 0. The summed E-state index contributed by atoms with van der Waals surface area (Å²) in [6, 6.07) is 5.58. The lowest BCUT2D eigenvalue weighted by Crippen LogP contribution is -2.59. The maximum Gasteiger partial charge on any atom is 0.0377 e. The fourth-order valence-corrected chi connectivity index (χ4v) is 3.50. The van der Waals surface area contributed by atoms with Gasteiger partial charge in [0.1, 0.15) is 0 Å². The van der Waals surface area contributed by atoms with Crippen molar-refractivity contribution in [2.24, 2.45) is 0 Å². The first-order chi connectivity index (χ1) is 8.70. The minimum Gasteiger partial charge on any atom is -0.312 e. The van der Waals surface area contributed by atoms with Gasteiger partial charge in [-0.05, 0) is 38.5 Å². The molecule has 2 rings (SSSR count). The summed E-state index contributed by atoms with van der Waals surface area (Å²) in [7, 11) is 4.49. The molecule has 1 aliphatic rings. The Balaban J connectivity index is 2.03. The molecule has 0 radical (unpaired) electrons. The minimum absolute atomic E-state index is 0.557. The molecular formula is C14H25N3S. The Morgan fingerprint density at radius 1 is 1.44 bits per heavy atom. The average molecular weight is 267 g/mol.